The molecule has 2 aromatic rings. The number of halogens is 1. The lowest BCUT2D eigenvalue weighted by atomic mass is 10.1. The number of guanidine groups is 1. The van der Waals surface area contributed by atoms with Crippen LogP contribution in [0.2, 0.25) is 0 Å². The van der Waals surface area contributed by atoms with Gasteiger partial charge in [0.2, 0.25) is 0 Å². The van der Waals surface area contributed by atoms with Crippen LogP contribution in [0.25, 0.3) is 0 Å². The summed E-state index contributed by atoms with van der Waals surface area (Å²) in [6.07, 6.45) is 1.69. The molecule has 2 rings (SSSR count). The number of thiazole rings is 1. The maximum atomic E-state index is 5.40. The van der Waals surface area contributed by atoms with Crippen LogP contribution in [0.5, 0.6) is 0 Å². The number of hydrogen-bond acceptors (Lipinski definition) is 5. The summed E-state index contributed by atoms with van der Waals surface area (Å²) in [5.41, 5.74) is 5.05. The van der Waals surface area contributed by atoms with E-state index in [0.717, 1.165) is 54.6 Å². The molecule has 24 heavy (non-hydrogen) atoms. The van der Waals surface area contributed by atoms with Gasteiger partial charge in [-0.1, -0.05) is 19.0 Å². The number of rotatable bonds is 7. The molecular weight excluding hydrogens is 437 g/mol. The lowest BCUT2D eigenvalue weighted by molar-refractivity contribution is 0.380. The van der Waals surface area contributed by atoms with Gasteiger partial charge in [0.15, 0.2) is 5.96 Å². The first-order chi connectivity index (χ1) is 11.2. The molecule has 0 aromatic carbocycles. The monoisotopic (exact) mass is 463 g/mol. The Morgan fingerprint density at radius 3 is 2.62 bits per heavy atom. The van der Waals surface area contributed by atoms with Crippen molar-refractivity contribution in [3.63, 3.8) is 0 Å². The Hall–Kier alpha value is -1.16. The smallest absolute Gasteiger partial charge is 0.191 e. The van der Waals surface area contributed by atoms with Crippen molar-refractivity contribution in [3.8, 4) is 0 Å². The van der Waals surface area contributed by atoms with E-state index in [2.05, 4.69) is 46.5 Å². The highest BCUT2D eigenvalue weighted by Crippen LogP contribution is 2.17. The van der Waals surface area contributed by atoms with E-state index in [1.807, 2.05) is 12.4 Å². The fourth-order valence-electron chi connectivity index (χ4n) is 2.28. The van der Waals surface area contributed by atoms with Gasteiger partial charge in [0.05, 0.1) is 30.0 Å². The second-order valence-corrected chi connectivity index (χ2v) is 6.09. The minimum atomic E-state index is 0. The van der Waals surface area contributed by atoms with Crippen LogP contribution in [0.1, 0.15) is 48.4 Å². The average molecular weight is 463 g/mol. The van der Waals surface area contributed by atoms with Crippen molar-refractivity contribution in [2.75, 3.05) is 6.54 Å². The highest BCUT2D eigenvalue weighted by atomic mass is 127. The minimum absolute atomic E-state index is 0. The van der Waals surface area contributed by atoms with Crippen LogP contribution in [0.15, 0.2) is 15.0 Å². The van der Waals surface area contributed by atoms with Gasteiger partial charge in [-0.05, 0) is 20.3 Å². The second kappa shape index (κ2) is 10.7. The quantitative estimate of drug-likeness (QED) is 0.374. The summed E-state index contributed by atoms with van der Waals surface area (Å²) in [6, 6.07) is 0. The van der Waals surface area contributed by atoms with Crippen molar-refractivity contribution in [1.82, 2.24) is 20.8 Å². The van der Waals surface area contributed by atoms with E-state index in [0.29, 0.717) is 6.54 Å². The van der Waals surface area contributed by atoms with E-state index >= 15 is 0 Å². The zero-order valence-corrected chi connectivity index (χ0v) is 17.8. The van der Waals surface area contributed by atoms with Crippen molar-refractivity contribution in [2.45, 2.75) is 53.6 Å². The summed E-state index contributed by atoms with van der Waals surface area (Å²) in [6.45, 7) is 10.4. The predicted octanol–water partition coefficient (Wildman–Crippen LogP) is 3.44. The van der Waals surface area contributed by atoms with Crippen LogP contribution in [-0.4, -0.2) is 22.6 Å². The lowest BCUT2D eigenvalue weighted by Crippen LogP contribution is -2.36. The van der Waals surface area contributed by atoms with Crippen LogP contribution in [-0.2, 0) is 25.9 Å². The third kappa shape index (κ3) is 5.44. The van der Waals surface area contributed by atoms with Gasteiger partial charge < -0.3 is 15.2 Å². The Balaban J connectivity index is 0.00000288. The molecule has 0 atom stereocenters. The van der Waals surface area contributed by atoms with Crippen LogP contribution in [0.4, 0.5) is 0 Å². The average Bonchev–Trinajstić information content (AvgIpc) is 3.15. The molecule has 0 unspecified atom stereocenters. The number of hydrogen-bond donors (Lipinski definition) is 2. The Kier molecular flexibility index (Phi) is 9.27. The standard InChI is InChI=1S/C16H25N5OS.HI/c1-5-13-12(14(6-2)22-21-13)8-18-16(17-7-3)19-9-15-11(4)20-10-23-15;/h10H,5-9H2,1-4H3,(H2,17,18,19);1H. The Morgan fingerprint density at radius 2 is 2.04 bits per heavy atom. The Labute approximate surface area is 164 Å². The van der Waals surface area contributed by atoms with Gasteiger partial charge in [0.25, 0.3) is 0 Å². The molecule has 0 aliphatic carbocycles. The number of aromatic nitrogens is 2. The number of aryl methyl sites for hydroxylation is 3. The molecule has 6 nitrogen and oxygen atoms in total. The van der Waals surface area contributed by atoms with Crippen molar-refractivity contribution in [3.05, 3.63) is 33.1 Å². The van der Waals surface area contributed by atoms with Crippen molar-refractivity contribution < 1.29 is 4.52 Å². The highest BCUT2D eigenvalue weighted by Gasteiger charge is 2.13. The van der Waals surface area contributed by atoms with Crippen LogP contribution in [0, 0.1) is 6.92 Å². The molecule has 0 bridgehead atoms. The molecule has 0 aliphatic heterocycles. The third-order valence-corrected chi connectivity index (χ3v) is 4.54. The van der Waals surface area contributed by atoms with Gasteiger partial charge in [0, 0.05) is 23.4 Å². The number of aliphatic imine (C=N–C) groups is 1. The van der Waals surface area contributed by atoms with Gasteiger partial charge in [-0.2, -0.15) is 0 Å². The molecule has 0 radical (unpaired) electrons. The van der Waals surface area contributed by atoms with Crippen molar-refractivity contribution in [1.29, 1.82) is 0 Å². The third-order valence-electron chi connectivity index (χ3n) is 3.61. The number of nitrogens with one attached hydrogen (secondary N) is 2. The van der Waals surface area contributed by atoms with E-state index < -0.39 is 0 Å². The second-order valence-electron chi connectivity index (χ2n) is 5.15. The minimum Gasteiger partial charge on any atom is -0.361 e. The lowest BCUT2D eigenvalue weighted by Gasteiger charge is -2.11. The zero-order chi connectivity index (χ0) is 16.7. The van der Waals surface area contributed by atoms with Gasteiger partial charge in [-0.25, -0.2) is 9.98 Å². The summed E-state index contributed by atoms with van der Waals surface area (Å²) < 4.78 is 5.40. The fourth-order valence-corrected chi connectivity index (χ4v) is 2.99. The first-order valence-corrected chi connectivity index (χ1v) is 8.94. The molecular formula is C16H26IN5OS. The zero-order valence-electron chi connectivity index (χ0n) is 14.7. The summed E-state index contributed by atoms with van der Waals surface area (Å²) in [7, 11) is 0. The Morgan fingerprint density at radius 1 is 1.25 bits per heavy atom. The molecule has 0 saturated heterocycles. The molecule has 8 heteroatoms. The molecule has 0 fully saturated rings. The van der Waals surface area contributed by atoms with Gasteiger partial charge in [-0.15, -0.1) is 35.3 Å². The van der Waals surface area contributed by atoms with E-state index in [-0.39, 0.29) is 24.0 Å². The van der Waals surface area contributed by atoms with E-state index in [1.54, 1.807) is 11.3 Å². The molecule has 2 heterocycles. The van der Waals surface area contributed by atoms with E-state index in [9.17, 15) is 0 Å². The number of nitrogens with zero attached hydrogens (tertiary/aromatic N) is 3. The summed E-state index contributed by atoms with van der Waals surface area (Å²) in [4.78, 5) is 10.2. The first-order valence-electron chi connectivity index (χ1n) is 8.06. The molecule has 0 spiro atoms. The van der Waals surface area contributed by atoms with Crippen LogP contribution in [0.3, 0.4) is 0 Å². The summed E-state index contributed by atoms with van der Waals surface area (Å²) in [5.74, 6) is 1.73. The molecule has 0 amide bonds. The Bertz CT molecular complexity index is 631. The topological polar surface area (TPSA) is 75.3 Å². The molecule has 0 aliphatic rings. The normalized spacial score (nSPS) is 11.2. The molecule has 2 aromatic heterocycles. The van der Waals surface area contributed by atoms with Crippen LogP contribution < -0.4 is 10.6 Å². The highest BCUT2D eigenvalue weighted by molar-refractivity contribution is 14.0. The first kappa shape index (κ1) is 20.9. The van der Waals surface area contributed by atoms with E-state index in [1.165, 1.54) is 4.88 Å². The van der Waals surface area contributed by atoms with Crippen molar-refractivity contribution in [2.24, 2.45) is 4.99 Å². The fraction of sp³-hybridized carbons (Fsp3) is 0.562. The van der Waals surface area contributed by atoms with E-state index in [4.69, 9.17) is 4.52 Å². The molecule has 2 N–H and O–H groups in total. The maximum absolute atomic E-state index is 5.40. The molecule has 0 saturated carbocycles. The van der Waals surface area contributed by atoms with Crippen molar-refractivity contribution >= 4 is 41.3 Å². The predicted molar refractivity (Wildman–Crippen MR) is 109 cm³/mol. The van der Waals surface area contributed by atoms with Gasteiger partial charge >= 0.3 is 0 Å². The summed E-state index contributed by atoms with van der Waals surface area (Å²) in [5, 5.41) is 10.8. The van der Waals surface area contributed by atoms with Crippen LogP contribution >= 0.6 is 35.3 Å². The SMILES string of the molecule is CCNC(=NCc1c(CC)noc1CC)NCc1scnc1C.I. The summed E-state index contributed by atoms with van der Waals surface area (Å²) >= 11 is 1.66. The molecule has 134 valence electrons. The van der Waals surface area contributed by atoms with Gasteiger partial charge in [0.1, 0.15) is 5.76 Å². The maximum Gasteiger partial charge on any atom is 0.191 e. The largest absolute Gasteiger partial charge is 0.361 e. The van der Waals surface area contributed by atoms with Gasteiger partial charge in [-0.3, -0.25) is 0 Å².